The predicted molar refractivity (Wildman–Crippen MR) is 67.2 cm³/mol. The molecule has 110 valence electrons. The minimum absolute atomic E-state index is 0.112. The lowest BCUT2D eigenvalue weighted by Gasteiger charge is -2.26. The predicted octanol–water partition coefficient (Wildman–Crippen LogP) is 0.168. The van der Waals surface area contributed by atoms with Crippen molar-refractivity contribution >= 4 is 5.91 Å². The van der Waals surface area contributed by atoms with Crippen LogP contribution in [-0.4, -0.2) is 47.3 Å². The lowest BCUT2D eigenvalue weighted by atomic mass is 9.87. The summed E-state index contributed by atoms with van der Waals surface area (Å²) in [5.74, 6) is -1.52. The molecule has 0 aromatic rings. The minimum Gasteiger partial charge on any atom is -0.381 e. The second-order valence-electron chi connectivity index (χ2n) is 6.42. The lowest BCUT2D eigenvalue weighted by molar-refractivity contribution is -0.155. The van der Waals surface area contributed by atoms with Crippen LogP contribution in [0, 0.1) is 5.92 Å². The van der Waals surface area contributed by atoms with Gasteiger partial charge in [0.05, 0.1) is 24.4 Å². The second-order valence-corrected chi connectivity index (χ2v) is 6.42. The van der Waals surface area contributed by atoms with Gasteiger partial charge >= 0.3 is 0 Å². The monoisotopic (exact) mass is 273 g/mol. The molecule has 2 aliphatic rings. The average Bonchev–Trinajstić information content (AvgIpc) is 2.77. The van der Waals surface area contributed by atoms with Gasteiger partial charge in [0.25, 0.3) is 0 Å². The van der Waals surface area contributed by atoms with Crippen LogP contribution in [0.3, 0.4) is 0 Å². The Morgan fingerprint density at radius 1 is 1.32 bits per heavy atom. The van der Waals surface area contributed by atoms with Crippen LogP contribution >= 0.6 is 0 Å². The van der Waals surface area contributed by atoms with Crippen molar-refractivity contribution in [3.63, 3.8) is 0 Å². The zero-order chi connectivity index (χ0) is 14.4. The zero-order valence-electron chi connectivity index (χ0n) is 11.9. The number of aliphatic hydroxyl groups excluding tert-OH is 1. The number of ether oxygens (including phenoxy) is 3. The van der Waals surface area contributed by atoms with Gasteiger partial charge in [-0.1, -0.05) is 0 Å². The summed E-state index contributed by atoms with van der Waals surface area (Å²) >= 11 is 0. The first-order valence-electron chi connectivity index (χ1n) is 6.58. The van der Waals surface area contributed by atoms with Gasteiger partial charge in [-0.05, 0) is 34.1 Å². The molecular weight excluding hydrogens is 250 g/mol. The number of primary amides is 1. The van der Waals surface area contributed by atoms with E-state index >= 15 is 0 Å². The van der Waals surface area contributed by atoms with Gasteiger partial charge in [0.15, 0.2) is 11.9 Å². The molecule has 2 saturated heterocycles. The topological polar surface area (TPSA) is 91.0 Å². The molecule has 0 saturated carbocycles. The zero-order valence-corrected chi connectivity index (χ0v) is 11.9. The van der Waals surface area contributed by atoms with Crippen LogP contribution in [0.5, 0.6) is 0 Å². The van der Waals surface area contributed by atoms with E-state index in [2.05, 4.69) is 0 Å². The lowest BCUT2D eigenvalue weighted by Crippen LogP contribution is -2.45. The Morgan fingerprint density at radius 3 is 2.42 bits per heavy atom. The van der Waals surface area contributed by atoms with E-state index in [1.165, 1.54) is 0 Å². The summed E-state index contributed by atoms with van der Waals surface area (Å²) in [6.07, 6.45) is -1.48. The van der Waals surface area contributed by atoms with E-state index in [9.17, 15) is 9.90 Å². The van der Waals surface area contributed by atoms with Crippen molar-refractivity contribution in [3.05, 3.63) is 0 Å². The third kappa shape index (κ3) is 3.08. The fourth-order valence-electron chi connectivity index (χ4n) is 2.92. The van der Waals surface area contributed by atoms with E-state index < -0.39 is 29.5 Å². The van der Waals surface area contributed by atoms with Gasteiger partial charge < -0.3 is 25.1 Å². The fraction of sp³-hybridized carbons (Fsp3) is 0.923. The Balaban J connectivity index is 2.15. The van der Waals surface area contributed by atoms with Crippen LogP contribution in [0.2, 0.25) is 0 Å². The molecule has 0 unspecified atom stereocenters. The van der Waals surface area contributed by atoms with E-state index in [1.54, 1.807) is 0 Å². The summed E-state index contributed by atoms with van der Waals surface area (Å²) in [4.78, 5) is 11.2. The minimum atomic E-state index is -1.32. The van der Waals surface area contributed by atoms with Crippen molar-refractivity contribution in [2.45, 2.75) is 63.8 Å². The van der Waals surface area contributed by atoms with Crippen molar-refractivity contribution in [1.29, 1.82) is 0 Å². The summed E-state index contributed by atoms with van der Waals surface area (Å²) in [6.45, 7) is 7.96. The molecule has 2 aliphatic heterocycles. The molecule has 0 bridgehead atoms. The highest BCUT2D eigenvalue weighted by Gasteiger charge is 2.51. The van der Waals surface area contributed by atoms with Crippen molar-refractivity contribution in [2.75, 3.05) is 6.61 Å². The highest BCUT2D eigenvalue weighted by atomic mass is 16.7. The Bertz CT molecular complexity index is 368. The third-order valence-corrected chi connectivity index (χ3v) is 3.72. The normalized spacial score (nSPS) is 38.3. The van der Waals surface area contributed by atoms with Crippen LogP contribution in [0.1, 0.15) is 34.1 Å². The van der Waals surface area contributed by atoms with Gasteiger partial charge in [0.1, 0.15) is 0 Å². The second kappa shape index (κ2) is 4.70. The first-order chi connectivity index (χ1) is 8.61. The number of nitrogens with two attached hydrogens (primary N) is 1. The number of rotatable bonds is 3. The number of carbonyl (C=O) groups is 1. The standard InChI is InChI=1S/C13H23NO5/c1-12(2)5-7(8-6-17-13(3,4)18-8)10(19-12)9(15)11(14)16/h7-10,15H,5-6H2,1-4H3,(H2,14,16)/t7-,8-,9-,10+/m1/s1. The first-order valence-corrected chi connectivity index (χ1v) is 6.58. The van der Waals surface area contributed by atoms with Crippen molar-refractivity contribution in [1.82, 2.24) is 0 Å². The molecule has 19 heavy (non-hydrogen) atoms. The Morgan fingerprint density at radius 2 is 1.95 bits per heavy atom. The molecule has 2 rings (SSSR count). The smallest absolute Gasteiger partial charge is 0.248 e. The molecule has 4 atom stereocenters. The number of amides is 1. The number of hydrogen-bond donors (Lipinski definition) is 2. The van der Waals surface area contributed by atoms with Crippen LogP contribution in [0.15, 0.2) is 0 Å². The van der Waals surface area contributed by atoms with Crippen molar-refractivity contribution < 1.29 is 24.1 Å². The van der Waals surface area contributed by atoms with Crippen LogP contribution < -0.4 is 5.73 Å². The van der Waals surface area contributed by atoms with Crippen molar-refractivity contribution in [3.8, 4) is 0 Å². The maximum Gasteiger partial charge on any atom is 0.248 e. The molecular formula is C13H23NO5. The first kappa shape index (κ1) is 14.7. The summed E-state index contributed by atoms with van der Waals surface area (Å²) < 4.78 is 17.1. The molecule has 0 spiro atoms. The Labute approximate surface area is 113 Å². The molecule has 3 N–H and O–H groups in total. The van der Waals surface area contributed by atoms with Gasteiger partial charge in [-0.25, -0.2) is 0 Å². The van der Waals surface area contributed by atoms with E-state index in [-0.39, 0.29) is 12.0 Å². The Kier molecular flexibility index (Phi) is 3.64. The largest absolute Gasteiger partial charge is 0.381 e. The van der Waals surface area contributed by atoms with Crippen LogP contribution in [0.4, 0.5) is 0 Å². The molecule has 0 aromatic heterocycles. The SMILES string of the molecule is CC1(C)C[C@H]([C@H]2COC(C)(C)O2)[C@@H]([C@@H](O)C(N)=O)O1. The van der Waals surface area contributed by atoms with Gasteiger partial charge in [-0.2, -0.15) is 0 Å². The maximum absolute atomic E-state index is 11.2. The molecule has 2 heterocycles. The highest BCUT2D eigenvalue weighted by Crippen LogP contribution is 2.42. The maximum atomic E-state index is 11.2. The summed E-state index contributed by atoms with van der Waals surface area (Å²) in [6, 6.07) is 0. The van der Waals surface area contributed by atoms with E-state index in [0.29, 0.717) is 13.0 Å². The van der Waals surface area contributed by atoms with Crippen molar-refractivity contribution in [2.24, 2.45) is 11.7 Å². The summed E-state index contributed by atoms with van der Waals surface area (Å²) in [5, 5.41) is 9.92. The molecule has 6 nitrogen and oxygen atoms in total. The number of carbonyl (C=O) groups excluding carboxylic acids is 1. The fourth-order valence-corrected chi connectivity index (χ4v) is 2.92. The van der Waals surface area contributed by atoms with Crippen LogP contribution in [0.25, 0.3) is 0 Å². The van der Waals surface area contributed by atoms with Gasteiger partial charge in [-0.3, -0.25) is 4.79 Å². The molecule has 2 fully saturated rings. The molecule has 0 radical (unpaired) electrons. The summed E-state index contributed by atoms with van der Waals surface area (Å²) in [5.41, 5.74) is 4.76. The van der Waals surface area contributed by atoms with E-state index in [0.717, 1.165) is 0 Å². The van der Waals surface area contributed by atoms with Gasteiger partial charge in [-0.15, -0.1) is 0 Å². The third-order valence-electron chi connectivity index (χ3n) is 3.72. The van der Waals surface area contributed by atoms with Gasteiger partial charge in [0, 0.05) is 5.92 Å². The summed E-state index contributed by atoms with van der Waals surface area (Å²) in [7, 11) is 0. The van der Waals surface area contributed by atoms with E-state index in [1.807, 2.05) is 27.7 Å². The molecule has 1 amide bonds. The van der Waals surface area contributed by atoms with Gasteiger partial charge in [0.2, 0.25) is 5.91 Å². The quantitative estimate of drug-likeness (QED) is 0.764. The van der Waals surface area contributed by atoms with Crippen LogP contribution in [-0.2, 0) is 19.0 Å². The average molecular weight is 273 g/mol. The molecule has 0 aliphatic carbocycles. The molecule has 6 heteroatoms. The van der Waals surface area contributed by atoms with E-state index in [4.69, 9.17) is 19.9 Å². The molecule has 0 aromatic carbocycles. The number of hydrogen-bond acceptors (Lipinski definition) is 5. The Hall–Kier alpha value is -0.690. The number of aliphatic hydroxyl groups is 1. The highest BCUT2D eigenvalue weighted by molar-refractivity contribution is 5.79.